The molecule has 0 saturated heterocycles. The molecule has 126 valence electrons. The molecule has 0 aliphatic heterocycles. The maximum atomic E-state index is 12.4. The molecule has 0 bridgehead atoms. The Kier molecular flexibility index (Phi) is 4.99. The number of Topliss-reactive ketones (excluding diaryl/α,β-unsaturated/α-hetero) is 1. The number of ether oxygens (including phenoxy) is 2. The molecule has 5 nitrogen and oxygen atoms in total. The topological polar surface area (TPSA) is 75.7 Å². The summed E-state index contributed by atoms with van der Waals surface area (Å²) in [7, 11) is 0. The van der Waals surface area contributed by atoms with Crippen molar-refractivity contribution < 1.29 is 37.3 Å². The molecule has 0 radical (unpaired) electrons. The van der Waals surface area contributed by atoms with Crippen molar-refractivity contribution in [3.05, 3.63) is 53.1 Å². The lowest BCUT2D eigenvalue weighted by Crippen LogP contribution is -2.32. The van der Waals surface area contributed by atoms with Crippen LogP contribution < -0.4 is 14.6 Å². The number of ketones is 1. The van der Waals surface area contributed by atoms with Crippen molar-refractivity contribution >= 4 is 23.4 Å². The highest BCUT2D eigenvalue weighted by atomic mass is 35.5. The molecule has 0 unspecified atom stereocenters. The first kappa shape index (κ1) is 17.6. The van der Waals surface area contributed by atoms with Gasteiger partial charge in [0.05, 0.1) is 5.56 Å². The van der Waals surface area contributed by atoms with Crippen molar-refractivity contribution in [1.82, 2.24) is 0 Å². The van der Waals surface area contributed by atoms with Gasteiger partial charge in [-0.2, -0.15) is 0 Å². The van der Waals surface area contributed by atoms with Crippen LogP contribution in [0.4, 0.5) is 13.2 Å². The first-order valence-corrected chi connectivity index (χ1v) is 6.62. The molecule has 2 aromatic carbocycles. The predicted molar refractivity (Wildman–Crippen MR) is 74.0 cm³/mol. The normalized spacial score (nSPS) is 11.0. The third-order valence-corrected chi connectivity index (χ3v) is 2.91. The average molecular weight is 360 g/mol. The zero-order valence-corrected chi connectivity index (χ0v) is 12.4. The van der Waals surface area contributed by atoms with E-state index in [9.17, 15) is 27.9 Å². The van der Waals surface area contributed by atoms with E-state index in [1.54, 1.807) is 0 Å². The van der Waals surface area contributed by atoms with Crippen LogP contribution in [-0.2, 0) is 4.79 Å². The molecule has 0 amide bonds. The van der Waals surface area contributed by atoms with Crippen molar-refractivity contribution in [1.29, 1.82) is 0 Å². The van der Waals surface area contributed by atoms with Crippen molar-refractivity contribution in [2.45, 2.75) is 6.36 Å². The van der Waals surface area contributed by atoms with Crippen LogP contribution in [0.5, 0.6) is 17.2 Å². The van der Waals surface area contributed by atoms with E-state index >= 15 is 0 Å². The van der Waals surface area contributed by atoms with E-state index in [1.807, 2.05) is 0 Å². The Hall–Kier alpha value is -2.74. The minimum Gasteiger partial charge on any atom is -0.541 e. The Labute approximate surface area is 138 Å². The lowest BCUT2D eigenvalue weighted by atomic mass is 10.1. The van der Waals surface area contributed by atoms with Crippen molar-refractivity contribution in [3.8, 4) is 17.2 Å². The number of hydrogen-bond acceptors (Lipinski definition) is 5. The number of alkyl halides is 3. The van der Waals surface area contributed by atoms with Crippen LogP contribution in [-0.4, -0.2) is 18.1 Å². The minimum absolute atomic E-state index is 0.105. The molecule has 9 heteroatoms. The van der Waals surface area contributed by atoms with Crippen LogP contribution in [0.3, 0.4) is 0 Å². The van der Waals surface area contributed by atoms with Crippen molar-refractivity contribution in [2.24, 2.45) is 0 Å². The van der Waals surface area contributed by atoms with Gasteiger partial charge in [-0.05, 0) is 36.4 Å². The van der Waals surface area contributed by atoms with E-state index in [0.29, 0.717) is 5.02 Å². The number of halogens is 4. The first-order chi connectivity index (χ1) is 11.2. The second kappa shape index (κ2) is 6.79. The highest BCUT2D eigenvalue weighted by molar-refractivity contribution is 6.39. The van der Waals surface area contributed by atoms with Crippen LogP contribution in [0.25, 0.3) is 0 Å². The van der Waals surface area contributed by atoms with Crippen molar-refractivity contribution in [3.63, 3.8) is 0 Å². The number of aliphatic carboxylic acids is 1. The van der Waals surface area contributed by atoms with Gasteiger partial charge < -0.3 is 19.4 Å². The zero-order valence-electron chi connectivity index (χ0n) is 11.6. The predicted octanol–water partition coefficient (Wildman–Crippen LogP) is 2.96. The Balaban J connectivity index is 2.37. The number of carboxylic acids is 1. The minimum atomic E-state index is -5.13. The summed E-state index contributed by atoms with van der Waals surface area (Å²) in [6.45, 7) is 0. The van der Waals surface area contributed by atoms with E-state index < -0.39 is 29.4 Å². The molecule has 0 fully saturated rings. The lowest BCUT2D eigenvalue weighted by Gasteiger charge is -2.14. The molecule has 0 atom stereocenters. The second-order valence-corrected chi connectivity index (χ2v) is 4.81. The molecule has 0 heterocycles. The molecule has 0 aromatic heterocycles. The summed E-state index contributed by atoms with van der Waals surface area (Å²) < 4.78 is 46.3. The lowest BCUT2D eigenvalue weighted by molar-refractivity contribution is -0.296. The van der Waals surface area contributed by atoms with Crippen LogP contribution in [0.2, 0.25) is 5.02 Å². The quantitative estimate of drug-likeness (QED) is 0.606. The third-order valence-electron chi connectivity index (χ3n) is 2.66. The monoisotopic (exact) mass is 359 g/mol. The molecule has 0 aliphatic carbocycles. The Morgan fingerprint density at radius 3 is 2.12 bits per heavy atom. The summed E-state index contributed by atoms with van der Waals surface area (Å²) in [5.41, 5.74) is -0.809. The summed E-state index contributed by atoms with van der Waals surface area (Å²) in [6, 6.07) is 8.63. The molecule has 2 rings (SSSR count). The van der Waals surface area contributed by atoms with E-state index in [1.165, 1.54) is 24.3 Å². The van der Waals surface area contributed by atoms with Gasteiger partial charge in [0.2, 0.25) is 5.78 Å². The van der Waals surface area contributed by atoms with Crippen LogP contribution in [0.1, 0.15) is 10.4 Å². The molecular weight excluding hydrogens is 353 g/mol. The maximum absolute atomic E-state index is 12.4. The maximum Gasteiger partial charge on any atom is 0.573 e. The van der Waals surface area contributed by atoms with Gasteiger partial charge in [0.25, 0.3) is 0 Å². The number of benzene rings is 2. The van der Waals surface area contributed by atoms with E-state index in [-0.39, 0.29) is 11.5 Å². The average Bonchev–Trinajstić information content (AvgIpc) is 2.47. The Morgan fingerprint density at radius 2 is 1.58 bits per heavy atom. The second-order valence-electron chi connectivity index (χ2n) is 4.38. The third kappa shape index (κ3) is 4.63. The van der Waals surface area contributed by atoms with Gasteiger partial charge in [0, 0.05) is 11.1 Å². The van der Waals surface area contributed by atoms with E-state index in [2.05, 4.69) is 4.74 Å². The van der Waals surface area contributed by atoms with Crippen LogP contribution in [0.15, 0.2) is 42.5 Å². The van der Waals surface area contributed by atoms with E-state index in [0.717, 1.165) is 18.2 Å². The smallest absolute Gasteiger partial charge is 0.541 e. The molecule has 0 aliphatic rings. The first-order valence-electron chi connectivity index (χ1n) is 6.24. The largest absolute Gasteiger partial charge is 0.573 e. The summed E-state index contributed by atoms with van der Waals surface area (Å²) in [5, 5.41) is 11.0. The van der Waals surface area contributed by atoms with Gasteiger partial charge in [-0.1, -0.05) is 11.6 Å². The molecule has 0 saturated carbocycles. The summed E-state index contributed by atoms with van der Waals surface area (Å²) in [6.07, 6.45) is -5.13. The summed E-state index contributed by atoms with van der Waals surface area (Å²) in [5.74, 6) is -4.66. The van der Waals surface area contributed by atoms with Gasteiger partial charge >= 0.3 is 6.36 Å². The Bertz CT molecular complexity index is 772. The number of rotatable bonds is 5. The van der Waals surface area contributed by atoms with E-state index in [4.69, 9.17) is 16.3 Å². The molecule has 0 spiro atoms. The van der Waals surface area contributed by atoms with Gasteiger partial charge in [0.15, 0.2) is 0 Å². The number of carbonyl (C=O) groups is 2. The number of carboxylic acid groups (broad SMARTS) is 1. The van der Waals surface area contributed by atoms with Crippen LogP contribution >= 0.6 is 11.6 Å². The highest BCUT2D eigenvalue weighted by Gasteiger charge is 2.33. The Morgan fingerprint density at radius 1 is 1.00 bits per heavy atom. The standard InChI is InChI=1S/C15H8ClF3O5/c16-8-1-3-9(4-2-8)23-10-5-6-11(13(20)14(21)22)12(7-10)24-15(17,18)19/h1-7H,(H,21,22)/p-1. The molecule has 0 N–H and O–H groups in total. The fourth-order valence-corrected chi connectivity index (χ4v) is 1.84. The van der Waals surface area contributed by atoms with Crippen molar-refractivity contribution in [2.75, 3.05) is 0 Å². The molecular formula is C15H7ClF3O5-. The van der Waals surface area contributed by atoms with Gasteiger partial charge in [-0.3, -0.25) is 4.79 Å². The van der Waals surface area contributed by atoms with Gasteiger partial charge in [0.1, 0.15) is 23.2 Å². The highest BCUT2D eigenvalue weighted by Crippen LogP contribution is 2.32. The number of carbonyl (C=O) groups excluding carboxylic acids is 2. The molecule has 2 aromatic rings. The summed E-state index contributed by atoms with van der Waals surface area (Å²) >= 11 is 5.70. The van der Waals surface area contributed by atoms with Gasteiger partial charge in [-0.25, -0.2) is 0 Å². The summed E-state index contributed by atoms with van der Waals surface area (Å²) in [4.78, 5) is 22.0. The SMILES string of the molecule is O=C([O-])C(=O)c1ccc(Oc2ccc(Cl)cc2)cc1OC(F)(F)F. The fourth-order valence-electron chi connectivity index (χ4n) is 1.71. The van der Waals surface area contributed by atoms with Crippen LogP contribution in [0, 0.1) is 0 Å². The van der Waals surface area contributed by atoms with Gasteiger partial charge in [-0.15, -0.1) is 13.2 Å². The number of hydrogen-bond donors (Lipinski definition) is 0. The zero-order chi connectivity index (χ0) is 17.9. The fraction of sp³-hybridized carbons (Fsp3) is 0.0667. The molecule has 24 heavy (non-hydrogen) atoms.